The molecule has 3 aromatic rings. The third kappa shape index (κ3) is 4.22. The maximum atomic E-state index is 6.10. The van der Waals surface area contributed by atoms with E-state index in [9.17, 15) is 0 Å². The number of halogens is 1. The number of para-hydroxylation sites is 1. The maximum Gasteiger partial charge on any atom is 0.140 e. The molecular weight excluding hydrogens is 370 g/mol. The first-order chi connectivity index (χ1) is 13.7. The molecule has 1 saturated carbocycles. The van der Waals surface area contributed by atoms with Gasteiger partial charge in [-0.1, -0.05) is 43.0 Å². The summed E-state index contributed by atoms with van der Waals surface area (Å²) in [6, 6.07) is 14.5. The molecule has 0 aliphatic heterocycles. The zero-order chi connectivity index (χ0) is 19.3. The lowest BCUT2D eigenvalue weighted by Gasteiger charge is -2.35. The van der Waals surface area contributed by atoms with Crippen molar-refractivity contribution in [1.29, 1.82) is 0 Å². The molecule has 28 heavy (non-hydrogen) atoms. The van der Waals surface area contributed by atoms with Crippen molar-refractivity contribution in [2.75, 3.05) is 18.1 Å². The number of hydrogen-bond donors (Lipinski definition) is 0. The van der Waals surface area contributed by atoms with Crippen molar-refractivity contribution in [3.63, 3.8) is 0 Å². The average Bonchev–Trinajstić information content (AvgIpc) is 2.73. The second-order valence-electron chi connectivity index (χ2n) is 7.46. The third-order valence-corrected chi connectivity index (χ3v) is 5.77. The molecule has 0 spiro atoms. The van der Waals surface area contributed by atoms with Crippen molar-refractivity contribution in [3.8, 4) is 5.75 Å². The molecule has 4 rings (SSSR count). The van der Waals surface area contributed by atoms with Crippen LogP contribution in [0, 0.1) is 6.92 Å². The van der Waals surface area contributed by atoms with E-state index in [1.54, 1.807) is 6.33 Å². The molecule has 1 aliphatic rings. The zero-order valence-electron chi connectivity index (χ0n) is 16.3. The van der Waals surface area contributed by atoms with Crippen LogP contribution < -0.4 is 9.64 Å². The SMILES string of the molecule is Cc1cc(Cl)ccc1OCCN(c1ncnc2ccccc12)C1CCCCC1. The van der Waals surface area contributed by atoms with E-state index in [1.807, 2.05) is 37.3 Å². The highest BCUT2D eigenvalue weighted by molar-refractivity contribution is 6.30. The third-order valence-electron chi connectivity index (χ3n) is 5.54. The zero-order valence-corrected chi connectivity index (χ0v) is 17.0. The van der Waals surface area contributed by atoms with Gasteiger partial charge in [-0.05, 0) is 55.7 Å². The minimum Gasteiger partial charge on any atom is -0.491 e. The Balaban J connectivity index is 1.57. The smallest absolute Gasteiger partial charge is 0.140 e. The molecule has 1 aromatic heterocycles. The average molecular weight is 396 g/mol. The fourth-order valence-corrected chi connectivity index (χ4v) is 4.33. The predicted molar refractivity (Wildman–Crippen MR) is 115 cm³/mol. The van der Waals surface area contributed by atoms with Crippen LogP contribution in [0.5, 0.6) is 5.75 Å². The number of fused-ring (bicyclic) bond motifs is 1. The summed E-state index contributed by atoms with van der Waals surface area (Å²) < 4.78 is 6.10. The second-order valence-corrected chi connectivity index (χ2v) is 7.89. The van der Waals surface area contributed by atoms with E-state index in [4.69, 9.17) is 16.3 Å². The van der Waals surface area contributed by atoms with Gasteiger partial charge < -0.3 is 9.64 Å². The Morgan fingerprint density at radius 3 is 2.71 bits per heavy atom. The highest BCUT2D eigenvalue weighted by atomic mass is 35.5. The van der Waals surface area contributed by atoms with Crippen LogP contribution in [0.15, 0.2) is 48.8 Å². The molecule has 0 saturated heterocycles. The first-order valence-electron chi connectivity index (χ1n) is 10.1. The van der Waals surface area contributed by atoms with Gasteiger partial charge >= 0.3 is 0 Å². The maximum absolute atomic E-state index is 6.10. The van der Waals surface area contributed by atoms with Crippen LogP contribution in [0.4, 0.5) is 5.82 Å². The number of rotatable bonds is 6. The Labute approximate surface area is 171 Å². The molecule has 0 N–H and O–H groups in total. The monoisotopic (exact) mass is 395 g/mol. The molecule has 1 fully saturated rings. The van der Waals surface area contributed by atoms with E-state index in [1.165, 1.54) is 32.1 Å². The first-order valence-corrected chi connectivity index (χ1v) is 10.5. The van der Waals surface area contributed by atoms with Crippen LogP contribution in [0.1, 0.15) is 37.7 Å². The number of ether oxygens (including phenoxy) is 1. The molecule has 0 bridgehead atoms. The van der Waals surface area contributed by atoms with Gasteiger partial charge in [0.05, 0.1) is 12.1 Å². The minimum absolute atomic E-state index is 0.502. The van der Waals surface area contributed by atoms with Crippen molar-refractivity contribution in [1.82, 2.24) is 9.97 Å². The lowest BCUT2D eigenvalue weighted by Crippen LogP contribution is -2.40. The van der Waals surface area contributed by atoms with Gasteiger partial charge in [0.2, 0.25) is 0 Å². The van der Waals surface area contributed by atoms with Gasteiger partial charge in [-0.2, -0.15) is 0 Å². The number of benzene rings is 2. The van der Waals surface area contributed by atoms with Crippen molar-refractivity contribution >= 4 is 28.3 Å². The molecule has 5 heteroatoms. The standard InChI is InChI=1S/C23H26ClN3O/c1-17-15-18(24)11-12-22(17)28-14-13-27(19-7-3-2-4-8-19)23-20-9-5-6-10-21(20)25-16-26-23/h5-6,9-12,15-16,19H,2-4,7-8,13-14H2,1H3. The Bertz CT molecular complexity index is 935. The van der Waals surface area contributed by atoms with E-state index < -0.39 is 0 Å². The summed E-state index contributed by atoms with van der Waals surface area (Å²) in [4.78, 5) is 11.6. The lowest BCUT2D eigenvalue weighted by atomic mass is 9.94. The molecule has 0 atom stereocenters. The molecule has 1 heterocycles. The largest absolute Gasteiger partial charge is 0.491 e. The van der Waals surface area contributed by atoms with Gasteiger partial charge in [0.25, 0.3) is 0 Å². The van der Waals surface area contributed by atoms with Gasteiger partial charge in [-0.25, -0.2) is 9.97 Å². The summed E-state index contributed by atoms with van der Waals surface area (Å²) in [5.74, 6) is 1.91. The van der Waals surface area contributed by atoms with Crippen LogP contribution in [0.25, 0.3) is 10.9 Å². The van der Waals surface area contributed by atoms with Crippen LogP contribution in [0.2, 0.25) is 5.02 Å². The Kier molecular flexibility index (Phi) is 5.96. The van der Waals surface area contributed by atoms with E-state index >= 15 is 0 Å². The number of aryl methyl sites for hydroxylation is 1. The van der Waals surface area contributed by atoms with E-state index in [-0.39, 0.29) is 0 Å². The molecular formula is C23H26ClN3O. The minimum atomic E-state index is 0.502. The molecule has 0 amide bonds. The van der Waals surface area contributed by atoms with E-state index in [0.717, 1.165) is 39.6 Å². The van der Waals surface area contributed by atoms with Crippen LogP contribution >= 0.6 is 11.6 Å². The molecule has 0 unspecified atom stereocenters. The van der Waals surface area contributed by atoms with E-state index in [0.29, 0.717) is 12.6 Å². The molecule has 0 radical (unpaired) electrons. The second kappa shape index (κ2) is 8.78. The van der Waals surface area contributed by atoms with Gasteiger partial charge in [0.1, 0.15) is 24.5 Å². The highest BCUT2D eigenvalue weighted by Crippen LogP contribution is 2.30. The Hall–Kier alpha value is -2.33. The fourth-order valence-electron chi connectivity index (χ4n) is 4.10. The summed E-state index contributed by atoms with van der Waals surface area (Å²) in [5, 5.41) is 1.85. The van der Waals surface area contributed by atoms with Gasteiger partial charge in [0, 0.05) is 16.5 Å². The molecule has 4 nitrogen and oxygen atoms in total. The summed E-state index contributed by atoms with van der Waals surface area (Å²) in [6.45, 7) is 3.43. The predicted octanol–water partition coefficient (Wildman–Crippen LogP) is 5.81. The topological polar surface area (TPSA) is 38.2 Å². The normalized spacial score (nSPS) is 14.9. The number of aromatic nitrogens is 2. The quantitative estimate of drug-likeness (QED) is 0.527. The Morgan fingerprint density at radius 1 is 1.07 bits per heavy atom. The van der Waals surface area contributed by atoms with Crippen LogP contribution in [0.3, 0.4) is 0 Å². The van der Waals surface area contributed by atoms with E-state index in [2.05, 4.69) is 27.0 Å². The van der Waals surface area contributed by atoms with Crippen LogP contribution in [-0.2, 0) is 0 Å². The molecule has 2 aromatic carbocycles. The first kappa shape index (κ1) is 19.0. The summed E-state index contributed by atoms with van der Waals surface area (Å²) >= 11 is 6.06. The number of anilines is 1. The van der Waals surface area contributed by atoms with Crippen molar-refractivity contribution in [2.45, 2.75) is 45.1 Å². The van der Waals surface area contributed by atoms with Gasteiger partial charge in [-0.15, -0.1) is 0 Å². The summed E-state index contributed by atoms with van der Waals surface area (Å²) in [7, 11) is 0. The fraction of sp³-hybridized carbons (Fsp3) is 0.391. The number of nitrogens with zero attached hydrogens (tertiary/aromatic N) is 3. The Morgan fingerprint density at radius 2 is 1.89 bits per heavy atom. The summed E-state index contributed by atoms with van der Waals surface area (Å²) in [5.41, 5.74) is 2.05. The molecule has 1 aliphatic carbocycles. The van der Waals surface area contributed by atoms with Gasteiger partial charge in [0.15, 0.2) is 0 Å². The van der Waals surface area contributed by atoms with Crippen molar-refractivity contribution in [3.05, 3.63) is 59.4 Å². The van der Waals surface area contributed by atoms with Crippen molar-refractivity contribution in [2.24, 2.45) is 0 Å². The highest BCUT2D eigenvalue weighted by Gasteiger charge is 2.24. The summed E-state index contributed by atoms with van der Waals surface area (Å²) in [6.07, 6.45) is 7.98. The lowest BCUT2D eigenvalue weighted by molar-refractivity contribution is 0.307. The van der Waals surface area contributed by atoms with Crippen LogP contribution in [-0.4, -0.2) is 29.2 Å². The molecule has 146 valence electrons. The van der Waals surface area contributed by atoms with Crippen molar-refractivity contribution < 1.29 is 4.74 Å². The number of hydrogen-bond acceptors (Lipinski definition) is 4. The van der Waals surface area contributed by atoms with Gasteiger partial charge in [-0.3, -0.25) is 0 Å².